The molecule has 1 aliphatic carbocycles. The number of nitrogens with one attached hydrogen (secondary N) is 1. The smallest absolute Gasteiger partial charge is 0.463 e. The van der Waals surface area contributed by atoms with Gasteiger partial charge >= 0.3 is 18.1 Å². The predicted octanol–water partition coefficient (Wildman–Crippen LogP) is 2.25. The fraction of sp³-hybridized carbons (Fsp3) is 0.750. The van der Waals surface area contributed by atoms with Crippen LogP contribution in [0.5, 0.6) is 0 Å². The third-order valence-corrected chi connectivity index (χ3v) is 3.99. The zero-order valence-corrected chi connectivity index (χ0v) is 15.8. The molecule has 0 saturated carbocycles. The Bertz CT molecular complexity index is 510. The van der Waals surface area contributed by atoms with Gasteiger partial charge in [-0.1, -0.05) is 13.8 Å². The van der Waals surface area contributed by atoms with Crippen LogP contribution in [0.2, 0.25) is 0 Å². The first-order valence-electron chi connectivity index (χ1n) is 8.30. The largest absolute Gasteiger partial charge is 0.471 e. The van der Waals surface area contributed by atoms with E-state index in [1.165, 1.54) is 6.08 Å². The van der Waals surface area contributed by atoms with Crippen LogP contribution in [0.3, 0.4) is 0 Å². The highest BCUT2D eigenvalue weighted by Crippen LogP contribution is 2.25. The second kappa shape index (κ2) is 10.7. The summed E-state index contributed by atoms with van der Waals surface area (Å²) in [6, 6.07) is -2.00. The number of carbonyl (C=O) groups excluding carboxylic acids is 2. The number of hydrogen-bond acceptors (Lipinski definition) is 5. The summed E-state index contributed by atoms with van der Waals surface area (Å²) >= 11 is 0. The normalized spacial score (nSPS) is 23.1. The molecule has 1 rings (SSSR count). The van der Waals surface area contributed by atoms with Crippen molar-refractivity contribution in [1.29, 1.82) is 0 Å². The average molecular weight is 403 g/mol. The highest BCUT2D eigenvalue weighted by atomic mass is 35.5. The van der Waals surface area contributed by atoms with Crippen LogP contribution in [0.25, 0.3) is 0 Å². The number of rotatable bonds is 7. The lowest BCUT2D eigenvalue weighted by Crippen LogP contribution is -2.59. The van der Waals surface area contributed by atoms with Gasteiger partial charge in [-0.3, -0.25) is 4.79 Å². The number of nitrogens with two attached hydrogens (primary N) is 1. The van der Waals surface area contributed by atoms with Crippen LogP contribution in [0.4, 0.5) is 13.2 Å². The summed E-state index contributed by atoms with van der Waals surface area (Å²) in [5, 5.41) is 1.89. The third-order valence-electron chi connectivity index (χ3n) is 3.99. The number of ether oxygens (including phenoxy) is 2. The van der Waals surface area contributed by atoms with Crippen LogP contribution in [-0.2, 0) is 19.1 Å². The van der Waals surface area contributed by atoms with E-state index in [4.69, 9.17) is 15.2 Å². The van der Waals surface area contributed by atoms with Gasteiger partial charge in [-0.2, -0.15) is 13.2 Å². The molecular formula is C16H26ClF3N2O4. The van der Waals surface area contributed by atoms with Crippen molar-refractivity contribution in [3.8, 4) is 0 Å². The SMILES string of the molecule is CCOC(=O)C1=C[C@@H](OC(CC)CC)[C@H](NC(=O)C(F)(F)F)[C@@H](N)C1.Cl. The summed E-state index contributed by atoms with van der Waals surface area (Å²) < 4.78 is 48.4. The molecule has 152 valence electrons. The number of alkyl halides is 3. The zero-order chi connectivity index (χ0) is 19.2. The van der Waals surface area contributed by atoms with Crippen LogP contribution in [-0.4, -0.2) is 49.0 Å². The van der Waals surface area contributed by atoms with Crippen molar-refractivity contribution in [2.45, 2.75) is 70.5 Å². The molecule has 3 N–H and O–H groups in total. The monoisotopic (exact) mass is 402 g/mol. The molecule has 0 radical (unpaired) electrons. The van der Waals surface area contributed by atoms with Gasteiger partial charge in [0.2, 0.25) is 0 Å². The summed E-state index contributed by atoms with van der Waals surface area (Å²) in [5.41, 5.74) is 6.17. The molecule has 0 saturated heterocycles. The minimum absolute atomic E-state index is 0. The Balaban J connectivity index is 0.00000625. The van der Waals surface area contributed by atoms with Crippen LogP contribution in [0.1, 0.15) is 40.0 Å². The van der Waals surface area contributed by atoms with E-state index in [9.17, 15) is 22.8 Å². The topological polar surface area (TPSA) is 90.6 Å². The van der Waals surface area contributed by atoms with Gasteiger partial charge in [-0.05, 0) is 32.3 Å². The van der Waals surface area contributed by atoms with Gasteiger partial charge in [-0.15, -0.1) is 12.4 Å². The highest BCUT2D eigenvalue weighted by molar-refractivity contribution is 5.89. The number of amides is 1. The predicted molar refractivity (Wildman–Crippen MR) is 91.8 cm³/mol. The number of hydrogen-bond donors (Lipinski definition) is 2. The van der Waals surface area contributed by atoms with Crippen molar-refractivity contribution < 1.29 is 32.2 Å². The first-order valence-corrected chi connectivity index (χ1v) is 8.30. The van der Waals surface area contributed by atoms with E-state index < -0.39 is 36.2 Å². The van der Waals surface area contributed by atoms with E-state index in [1.54, 1.807) is 6.92 Å². The summed E-state index contributed by atoms with van der Waals surface area (Å²) in [6.45, 7) is 5.55. The first kappa shape index (κ1) is 24.7. The molecule has 10 heteroatoms. The van der Waals surface area contributed by atoms with E-state index in [0.717, 1.165) is 0 Å². The summed E-state index contributed by atoms with van der Waals surface area (Å²) in [5.74, 6) is -2.67. The van der Waals surface area contributed by atoms with Crippen molar-refractivity contribution in [1.82, 2.24) is 5.32 Å². The molecule has 0 heterocycles. The lowest BCUT2D eigenvalue weighted by molar-refractivity contribution is -0.175. The Morgan fingerprint density at radius 1 is 1.31 bits per heavy atom. The lowest BCUT2D eigenvalue weighted by Gasteiger charge is -2.36. The molecule has 0 aromatic rings. The number of halogens is 4. The van der Waals surface area contributed by atoms with Crippen LogP contribution < -0.4 is 11.1 Å². The van der Waals surface area contributed by atoms with Crippen molar-refractivity contribution >= 4 is 24.3 Å². The molecule has 1 aliphatic rings. The number of esters is 1. The maximum atomic E-state index is 12.6. The second-order valence-corrected chi connectivity index (χ2v) is 5.82. The van der Waals surface area contributed by atoms with Crippen molar-refractivity contribution in [2.75, 3.05) is 6.61 Å². The van der Waals surface area contributed by atoms with Crippen LogP contribution in [0.15, 0.2) is 11.6 Å². The molecule has 3 atom stereocenters. The molecule has 0 aromatic heterocycles. The molecule has 26 heavy (non-hydrogen) atoms. The highest BCUT2D eigenvalue weighted by Gasteiger charge is 2.44. The minimum atomic E-state index is -5.02. The van der Waals surface area contributed by atoms with E-state index in [-0.39, 0.29) is 37.1 Å². The summed E-state index contributed by atoms with van der Waals surface area (Å²) in [7, 11) is 0. The zero-order valence-electron chi connectivity index (χ0n) is 15.0. The van der Waals surface area contributed by atoms with Crippen LogP contribution in [0, 0.1) is 0 Å². The summed E-state index contributed by atoms with van der Waals surface area (Å²) in [4.78, 5) is 23.2. The fourth-order valence-electron chi connectivity index (χ4n) is 2.62. The standard InChI is InChI=1S/C16H25F3N2O4.ClH/c1-4-10(5-2)25-12-8-9(14(22)24-6-3)7-11(20)13(12)21-15(23)16(17,18)19;/h8,10-13H,4-7,20H2,1-3H3,(H,21,23);1H/t11-,12+,13+;/m0./s1. The molecule has 1 amide bonds. The Labute approximate surface area is 157 Å². The molecular weight excluding hydrogens is 377 g/mol. The molecule has 0 aromatic carbocycles. The average Bonchev–Trinajstić information content (AvgIpc) is 2.54. The molecule has 0 aliphatic heterocycles. The summed E-state index contributed by atoms with van der Waals surface area (Å²) in [6.07, 6.45) is -3.55. The Kier molecular flexibility index (Phi) is 10.2. The molecule has 0 fully saturated rings. The van der Waals surface area contributed by atoms with Gasteiger partial charge in [0, 0.05) is 11.6 Å². The number of carbonyl (C=O) groups is 2. The van der Waals surface area contributed by atoms with Gasteiger partial charge in [0.1, 0.15) is 0 Å². The van der Waals surface area contributed by atoms with Gasteiger partial charge in [0.25, 0.3) is 0 Å². The second-order valence-electron chi connectivity index (χ2n) is 5.82. The van der Waals surface area contributed by atoms with Gasteiger partial charge in [0.15, 0.2) is 0 Å². The van der Waals surface area contributed by atoms with E-state index >= 15 is 0 Å². The Hall–Kier alpha value is -1.32. The maximum absolute atomic E-state index is 12.6. The van der Waals surface area contributed by atoms with Crippen molar-refractivity contribution in [3.05, 3.63) is 11.6 Å². The van der Waals surface area contributed by atoms with E-state index in [0.29, 0.717) is 12.8 Å². The molecule has 0 bridgehead atoms. The Morgan fingerprint density at radius 2 is 1.88 bits per heavy atom. The molecule has 0 spiro atoms. The third kappa shape index (κ3) is 6.77. The van der Waals surface area contributed by atoms with E-state index in [1.807, 2.05) is 19.2 Å². The van der Waals surface area contributed by atoms with Gasteiger partial charge in [-0.25, -0.2) is 4.79 Å². The first-order chi connectivity index (χ1) is 11.6. The fourth-order valence-corrected chi connectivity index (χ4v) is 2.62. The van der Waals surface area contributed by atoms with Gasteiger partial charge in [0.05, 0.1) is 24.9 Å². The Morgan fingerprint density at radius 3 is 2.35 bits per heavy atom. The molecule has 0 unspecified atom stereocenters. The quantitative estimate of drug-likeness (QED) is 0.637. The van der Waals surface area contributed by atoms with Gasteiger partial charge < -0.3 is 20.5 Å². The lowest BCUT2D eigenvalue weighted by atomic mass is 9.88. The molecule has 6 nitrogen and oxygen atoms in total. The minimum Gasteiger partial charge on any atom is -0.463 e. The maximum Gasteiger partial charge on any atom is 0.471 e. The van der Waals surface area contributed by atoms with Crippen LogP contribution >= 0.6 is 12.4 Å². The van der Waals surface area contributed by atoms with Crippen molar-refractivity contribution in [3.63, 3.8) is 0 Å². The van der Waals surface area contributed by atoms with Crippen molar-refractivity contribution in [2.24, 2.45) is 5.73 Å². The van der Waals surface area contributed by atoms with E-state index in [2.05, 4.69) is 0 Å².